The summed E-state index contributed by atoms with van der Waals surface area (Å²) in [6.07, 6.45) is -4.97. The number of carbonyl (C=O) groups excluding carboxylic acids is 1. The Morgan fingerprint density at radius 1 is 0.941 bits per heavy atom. The van der Waals surface area contributed by atoms with E-state index in [1.807, 2.05) is 19.9 Å². The molecule has 0 N–H and O–H groups in total. The number of hydrogen-bond acceptors (Lipinski definition) is 4. The number of esters is 1. The van der Waals surface area contributed by atoms with Crippen LogP contribution in [0.5, 0.6) is 17.2 Å². The number of ether oxygens (including phenoxy) is 3. The molecule has 8 heteroatoms. The average Bonchev–Trinajstić information content (AvgIpc) is 3.34. The van der Waals surface area contributed by atoms with E-state index >= 15 is 0 Å². The van der Waals surface area contributed by atoms with E-state index in [1.54, 1.807) is 24.3 Å². The van der Waals surface area contributed by atoms with Crippen molar-refractivity contribution in [3.8, 4) is 17.2 Å². The van der Waals surface area contributed by atoms with E-state index in [0.29, 0.717) is 11.3 Å². The molecular formula is C26H22F4O4. The van der Waals surface area contributed by atoms with Crippen LogP contribution < -0.4 is 9.47 Å². The van der Waals surface area contributed by atoms with Crippen molar-refractivity contribution in [2.75, 3.05) is 0 Å². The molecule has 2 atom stereocenters. The second-order valence-electron chi connectivity index (χ2n) is 8.65. The molecule has 0 spiro atoms. The van der Waals surface area contributed by atoms with Gasteiger partial charge in [-0.25, -0.2) is 4.39 Å². The van der Waals surface area contributed by atoms with Gasteiger partial charge in [0.1, 0.15) is 30.1 Å². The lowest BCUT2D eigenvalue weighted by atomic mass is 10.1. The molecule has 1 aliphatic rings. The molecular weight excluding hydrogens is 452 g/mol. The van der Waals surface area contributed by atoms with E-state index in [4.69, 9.17) is 14.2 Å². The molecule has 0 saturated heterocycles. The van der Waals surface area contributed by atoms with E-state index in [1.165, 1.54) is 30.3 Å². The van der Waals surface area contributed by atoms with Gasteiger partial charge in [0.25, 0.3) is 0 Å². The fourth-order valence-electron chi connectivity index (χ4n) is 3.68. The minimum atomic E-state index is -4.43. The lowest BCUT2D eigenvalue weighted by molar-refractivity contribution is -0.147. The van der Waals surface area contributed by atoms with E-state index in [9.17, 15) is 22.4 Å². The highest BCUT2D eigenvalue weighted by Gasteiger charge is 2.65. The van der Waals surface area contributed by atoms with Gasteiger partial charge in [-0.15, -0.1) is 0 Å². The molecule has 2 unspecified atom stereocenters. The van der Waals surface area contributed by atoms with Crippen molar-refractivity contribution in [2.24, 2.45) is 11.3 Å². The fraction of sp³-hybridized carbons (Fsp3) is 0.269. The zero-order chi connectivity index (χ0) is 24.5. The van der Waals surface area contributed by atoms with Gasteiger partial charge >= 0.3 is 12.1 Å². The highest BCUT2D eigenvalue weighted by Crippen LogP contribution is 2.54. The summed E-state index contributed by atoms with van der Waals surface area (Å²) in [5.74, 6) is -0.921. The first-order valence-corrected chi connectivity index (χ1v) is 10.6. The third kappa shape index (κ3) is 5.16. The van der Waals surface area contributed by atoms with Crippen LogP contribution in [0.25, 0.3) is 0 Å². The van der Waals surface area contributed by atoms with Gasteiger partial charge < -0.3 is 14.2 Å². The van der Waals surface area contributed by atoms with Gasteiger partial charge in [-0.1, -0.05) is 38.1 Å². The van der Waals surface area contributed by atoms with Crippen molar-refractivity contribution >= 4 is 5.97 Å². The molecule has 178 valence electrons. The van der Waals surface area contributed by atoms with Crippen LogP contribution in [0.4, 0.5) is 17.6 Å². The van der Waals surface area contributed by atoms with Crippen LogP contribution in [0.3, 0.4) is 0 Å². The van der Waals surface area contributed by atoms with Crippen LogP contribution in [-0.4, -0.2) is 12.1 Å². The number of hydrogen-bond donors (Lipinski definition) is 0. The molecule has 0 aromatic heterocycles. The minimum Gasteiger partial charge on any atom is -0.489 e. The molecule has 4 rings (SSSR count). The normalized spacial score (nSPS) is 18.8. The maximum atomic E-state index is 14.1. The summed E-state index contributed by atoms with van der Waals surface area (Å²) in [7, 11) is 0. The van der Waals surface area contributed by atoms with Crippen LogP contribution in [-0.2, 0) is 22.3 Å². The first-order valence-electron chi connectivity index (χ1n) is 10.6. The SMILES string of the molecule is CC1(C)C(Oc2ccc(C(F)(F)F)cc2)C1C(=O)OCc1ccc(F)c(Oc2ccccc2)c1. The molecule has 0 radical (unpaired) electrons. The number of rotatable bonds is 7. The number of halogens is 4. The maximum absolute atomic E-state index is 14.1. The predicted molar refractivity (Wildman–Crippen MR) is 116 cm³/mol. The first-order chi connectivity index (χ1) is 16.1. The Balaban J connectivity index is 1.36. The monoisotopic (exact) mass is 474 g/mol. The molecule has 3 aromatic carbocycles. The highest BCUT2D eigenvalue weighted by atomic mass is 19.4. The largest absolute Gasteiger partial charge is 0.489 e. The Kier molecular flexibility index (Phi) is 6.25. The van der Waals surface area contributed by atoms with Crippen LogP contribution in [0.1, 0.15) is 25.0 Å². The number of alkyl halides is 3. The minimum absolute atomic E-state index is 0.00927. The number of carbonyl (C=O) groups is 1. The van der Waals surface area contributed by atoms with Crippen molar-refractivity contribution in [2.45, 2.75) is 32.7 Å². The van der Waals surface area contributed by atoms with Crippen LogP contribution in [0.2, 0.25) is 0 Å². The lowest BCUT2D eigenvalue weighted by Crippen LogP contribution is -2.12. The summed E-state index contributed by atoms with van der Waals surface area (Å²) in [6, 6.07) is 17.2. The Morgan fingerprint density at radius 2 is 1.62 bits per heavy atom. The summed E-state index contributed by atoms with van der Waals surface area (Å²) in [6.45, 7) is 3.54. The summed E-state index contributed by atoms with van der Waals surface area (Å²) < 4.78 is 69.1. The van der Waals surface area contributed by atoms with E-state index in [0.717, 1.165) is 12.1 Å². The van der Waals surface area contributed by atoms with Crippen LogP contribution >= 0.6 is 0 Å². The molecule has 4 nitrogen and oxygen atoms in total. The molecule has 34 heavy (non-hydrogen) atoms. The smallest absolute Gasteiger partial charge is 0.416 e. The number of benzene rings is 3. The van der Waals surface area contributed by atoms with E-state index in [-0.39, 0.29) is 18.1 Å². The van der Waals surface area contributed by atoms with Crippen molar-refractivity contribution in [3.05, 3.63) is 89.7 Å². The predicted octanol–water partition coefficient (Wildman–Crippen LogP) is 6.78. The Hall–Kier alpha value is -3.55. The molecule has 0 amide bonds. The first kappa shape index (κ1) is 23.6. The highest BCUT2D eigenvalue weighted by molar-refractivity contribution is 5.78. The zero-order valence-corrected chi connectivity index (χ0v) is 18.4. The van der Waals surface area contributed by atoms with Crippen molar-refractivity contribution in [1.29, 1.82) is 0 Å². The van der Waals surface area contributed by atoms with Crippen molar-refractivity contribution in [1.82, 2.24) is 0 Å². The quantitative estimate of drug-likeness (QED) is 0.280. The fourth-order valence-corrected chi connectivity index (χ4v) is 3.68. The van der Waals surface area contributed by atoms with Gasteiger partial charge in [0.2, 0.25) is 0 Å². The molecule has 1 saturated carbocycles. The standard InChI is InChI=1S/C26H22F4O4/c1-25(2)22(23(25)34-19-11-9-17(10-12-19)26(28,29)30)24(31)32-15-16-8-13-20(27)21(14-16)33-18-6-4-3-5-7-18/h3-14,22-23H,15H2,1-2H3. The Morgan fingerprint density at radius 3 is 2.26 bits per heavy atom. The van der Waals surface area contributed by atoms with E-state index in [2.05, 4.69) is 0 Å². The molecule has 1 fully saturated rings. The van der Waals surface area contributed by atoms with Gasteiger partial charge in [-0.05, 0) is 54.1 Å². The second kappa shape index (κ2) is 9.00. The van der Waals surface area contributed by atoms with Crippen LogP contribution in [0.15, 0.2) is 72.8 Å². The average molecular weight is 474 g/mol. The number of para-hydroxylation sites is 1. The third-order valence-corrected chi connectivity index (χ3v) is 5.77. The van der Waals surface area contributed by atoms with Gasteiger partial charge in [0, 0.05) is 5.41 Å². The van der Waals surface area contributed by atoms with E-state index < -0.39 is 41.0 Å². The van der Waals surface area contributed by atoms with Gasteiger partial charge in [0.05, 0.1) is 5.56 Å². The molecule has 0 heterocycles. The molecule has 0 bridgehead atoms. The van der Waals surface area contributed by atoms with Crippen LogP contribution in [0, 0.1) is 17.2 Å². The van der Waals surface area contributed by atoms with Gasteiger partial charge in [-0.3, -0.25) is 4.79 Å². The maximum Gasteiger partial charge on any atom is 0.416 e. The van der Waals surface area contributed by atoms with Crippen molar-refractivity contribution < 1.29 is 36.6 Å². The topological polar surface area (TPSA) is 44.8 Å². The summed E-state index contributed by atoms with van der Waals surface area (Å²) in [5.41, 5.74) is -0.787. The van der Waals surface area contributed by atoms with Crippen molar-refractivity contribution in [3.63, 3.8) is 0 Å². The summed E-state index contributed by atoms with van der Waals surface area (Å²) >= 11 is 0. The molecule has 3 aromatic rings. The van der Waals surface area contributed by atoms with Gasteiger partial charge in [0.15, 0.2) is 11.6 Å². The summed E-state index contributed by atoms with van der Waals surface area (Å²) in [5, 5.41) is 0. The molecule has 1 aliphatic carbocycles. The van der Waals surface area contributed by atoms with Gasteiger partial charge in [-0.2, -0.15) is 13.2 Å². The Labute approximate surface area is 194 Å². The second-order valence-corrected chi connectivity index (χ2v) is 8.65. The third-order valence-electron chi connectivity index (χ3n) is 5.77. The zero-order valence-electron chi connectivity index (χ0n) is 18.4. The lowest BCUT2D eigenvalue weighted by Gasteiger charge is -2.10. The summed E-state index contributed by atoms with van der Waals surface area (Å²) in [4.78, 5) is 12.7. The Bertz CT molecular complexity index is 1160. The molecule has 0 aliphatic heterocycles.